The molecule has 0 atom stereocenters. The molecular formula is C20H23NO5S2. The molecule has 0 fully saturated rings. The number of anilines is 1. The minimum Gasteiger partial charge on any atom is -0.465 e. The van der Waals surface area contributed by atoms with Gasteiger partial charge in [0.05, 0.1) is 22.8 Å². The zero-order valence-electron chi connectivity index (χ0n) is 16.1. The molecular weight excluding hydrogens is 398 g/mol. The molecule has 0 spiro atoms. The van der Waals surface area contributed by atoms with Crippen molar-refractivity contribution in [3.05, 3.63) is 45.8 Å². The molecule has 0 aliphatic heterocycles. The summed E-state index contributed by atoms with van der Waals surface area (Å²) in [5, 5.41) is 2.67. The largest absolute Gasteiger partial charge is 0.465 e. The molecule has 1 N–H and O–H groups in total. The van der Waals surface area contributed by atoms with E-state index >= 15 is 0 Å². The zero-order valence-corrected chi connectivity index (χ0v) is 17.7. The normalized spacial score (nSPS) is 13.9. The van der Waals surface area contributed by atoms with Gasteiger partial charge in [0.1, 0.15) is 5.00 Å². The second-order valence-electron chi connectivity index (χ2n) is 6.98. The van der Waals surface area contributed by atoms with Crippen molar-refractivity contribution in [3.8, 4) is 0 Å². The van der Waals surface area contributed by atoms with Crippen LogP contribution in [0.25, 0.3) is 0 Å². The van der Waals surface area contributed by atoms with Crippen molar-refractivity contribution in [1.82, 2.24) is 0 Å². The first-order valence-electron chi connectivity index (χ1n) is 9.14. The predicted octanol–water partition coefficient (Wildman–Crippen LogP) is 3.85. The first-order valence-corrected chi connectivity index (χ1v) is 11.5. The Labute approximate surface area is 168 Å². The number of benzene rings is 1. The number of ether oxygens (including phenoxy) is 1. The lowest BCUT2D eigenvalue weighted by atomic mass is 9.95. The van der Waals surface area contributed by atoms with Gasteiger partial charge in [-0.15, -0.1) is 11.3 Å². The molecule has 0 unspecified atom stereocenters. The average molecular weight is 422 g/mol. The van der Waals surface area contributed by atoms with E-state index in [1.807, 2.05) is 0 Å². The number of rotatable bonds is 5. The predicted molar refractivity (Wildman–Crippen MR) is 109 cm³/mol. The van der Waals surface area contributed by atoms with Gasteiger partial charge < -0.3 is 10.1 Å². The van der Waals surface area contributed by atoms with E-state index in [4.69, 9.17) is 4.74 Å². The van der Waals surface area contributed by atoms with Crippen molar-refractivity contribution < 1.29 is 22.7 Å². The van der Waals surface area contributed by atoms with Gasteiger partial charge in [-0.25, -0.2) is 13.2 Å². The van der Waals surface area contributed by atoms with Crippen LogP contribution in [0.15, 0.2) is 29.2 Å². The number of fused-ring (bicyclic) bond motifs is 1. The van der Waals surface area contributed by atoms with E-state index in [0.29, 0.717) is 10.6 Å². The van der Waals surface area contributed by atoms with Gasteiger partial charge in [0.2, 0.25) is 0 Å². The fourth-order valence-corrected chi connectivity index (χ4v) is 5.61. The Hall–Kier alpha value is -2.19. The SMILES string of the molecule is COC(=O)c1c(NC(=O)c2cccc(S(=O)(=O)C(C)C)c2)sc2c1CCCC2. The van der Waals surface area contributed by atoms with Crippen molar-refractivity contribution in [1.29, 1.82) is 0 Å². The van der Waals surface area contributed by atoms with Gasteiger partial charge in [0.25, 0.3) is 5.91 Å². The van der Waals surface area contributed by atoms with Gasteiger partial charge in [-0.3, -0.25) is 4.79 Å². The molecule has 1 heterocycles. The molecule has 3 rings (SSSR count). The summed E-state index contributed by atoms with van der Waals surface area (Å²) in [6.07, 6.45) is 3.71. The topological polar surface area (TPSA) is 89.5 Å². The molecule has 0 radical (unpaired) electrons. The number of methoxy groups -OCH3 is 1. The summed E-state index contributed by atoms with van der Waals surface area (Å²) in [6.45, 7) is 3.20. The maximum atomic E-state index is 12.8. The second kappa shape index (κ2) is 8.05. The van der Waals surface area contributed by atoms with Gasteiger partial charge in [0.15, 0.2) is 9.84 Å². The molecule has 1 amide bonds. The van der Waals surface area contributed by atoms with E-state index < -0.39 is 27.0 Å². The molecule has 0 saturated carbocycles. The highest BCUT2D eigenvalue weighted by Crippen LogP contribution is 2.38. The Balaban J connectivity index is 1.94. The van der Waals surface area contributed by atoms with Crippen LogP contribution in [0, 0.1) is 0 Å². The number of carbonyl (C=O) groups is 2. The van der Waals surface area contributed by atoms with E-state index in [9.17, 15) is 18.0 Å². The van der Waals surface area contributed by atoms with Crippen LogP contribution in [0.3, 0.4) is 0 Å². The number of hydrogen-bond acceptors (Lipinski definition) is 6. The Morgan fingerprint density at radius 2 is 1.89 bits per heavy atom. The third-order valence-electron chi connectivity index (χ3n) is 4.83. The standard InChI is InChI=1S/C20H23NO5S2/c1-12(2)28(24,25)14-8-6-7-13(11-14)18(22)21-19-17(20(23)26-3)15-9-4-5-10-16(15)27-19/h6-8,11-12H,4-5,9-10H2,1-3H3,(H,21,22). The molecule has 8 heteroatoms. The summed E-state index contributed by atoms with van der Waals surface area (Å²) in [5.41, 5.74) is 1.60. The molecule has 0 saturated heterocycles. The van der Waals surface area contributed by atoms with E-state index in [0.717, 1.165) is 36.1 Å². The van der Waals surface area contributed by atoms with Crippen LogP contribution in [0.5, 0.6) is 0 Å². The quantitative estimate of drug-likeness (QED) is 0.741. The number of aryl methyl sites for hydroxylation is 1. The fraction of sp³-hybridized carbons (Fsp3) is 0.400. The number of sulfone groups is 1. The van der Waals surface area contributed by atoms with E-state index in [2.05, 4.69) is 5.32 Å². The first kappa shape index (κ1) is 20.5. The maximum Gasteiger partial charge on any atom is 0.341 e. The molecule has 1 aliphatic rings. The smallest absolute Gasteiger partial charge is 0.341 e. The van der Waals surface area contributed by atoms with Crippen molar-refractivity contribution in [2.45, 2.75) is 49.7 Å². The molecule has 1 aromatic heterocycles. The van der Waals surface area contributed by atoms with Crippen LogP contribution in [-0.4, -0.2) is 32.7 Å². The third-order valence-corrected chi connectivity index (χ3v) is 8.19. The lowest BCUT2D eigenvalue weighted by Gasteiger charge is -2.12. The highest BCUT2D eigenvalue weighted by atomic mass is 32.2. The molecule has 1 aromatic carbocycles. The summed E-state index contributed by atoms with van der Waals surface area (Å²) in [6, 6.07) is 5.96. The van der Waals surface area contributed by atoms with E-state index in [1.165, 1.54) is 30.6 Å². The van der Waals surface area contributed by atoms with Gasteiger partial charge in [-0.05, 0) is 63.3 Å². The van der Waals surface area contributed by atoms with Crippen LogP contribution < -0.4 is 5.32 Å². The lowest BCUT2D eigenvalue weighted by molar-refractivity contribution is 0.0601. The Bertz CT molecular complexity index is 1020. The Morgan fingerprint density at radius 3 is 2.57 bits per heavy atom. The van der Waals surface area contributed by atoms with Gasteiger partial charge >= 0.3 is 5.97 Å². The number of thiophene rings is 1. The van der Waals surface area contributed by atoms with Crippen LogP contribution in [-0.2, 0) is 27.4 Å². The fourth-order valence-electron chi connectivity index (χ4n) is 3.23. The van der Waals surface area contributed by atoms with Crippen LogP contribution in [0.1, 0.15) is 57.8 Å². The minimum atomic E-state index is -3.49. The average Bonchev–Trinajstić information content (AvgIpc) is 3.05. The molecule has 2 aromatic rings. The highest BCUT2D eigenvalue weighted by Gasteiger charge is 2.27. The monoisotopic (exact) mass is 421 g/mol. The molecule has 28 heavy (non-hydrogen) atoms. The number of carbonyl (C=O) groups excluding carboxylic acids is 2. The number of esters is 1. The molecule has 0 bridgehead atoms. The van der Waals surface area contributed by atoms with Crippen LogP contribution >= 0.6 is 11.3 Å². The molecule has 1 aliphatic carbocycles. The van der Waals surface area contributed by atoms with Gasteiger partial charge in [0, 0.05) is 10.4 Å². The Kier molecular flexibility index (Phi) is 5.90. The number of amides is 1. The van der Waals surface area contributed by atoms with E-state index in [1.54, 1.807) is 26.0 Å². The van der Waals surface area contributed by atoms with Gasteiger partial charge in [-0.2, -0.15) is 0 Å². The molecule has 150 valence electrons. The summed E-state index contributed by atoms with van der Waals surface area (Å²) < 4.78 is 29.7. The van der Waals surface area contributed by atoms with Crippen LogP contribution in [0.2, 0.25) is 0 Å². The Morgan fingerprint density at radius 1 is 1.18 bits per heavy atom. The summed E-state index contributed by atoms with van der Waals surface area (Å²) in [5.74, 6) is -0.921. The summed E-state index contributed by atoms with van der Waals surface area (Å²) >= 11 is 1.39. The van der Waals surface area contributed by atoms with Crippen molar-refractivity contribution in [3.63, 3.8) is 0 Å². The van der Waals surface area contributed by atoms with Gasteiger partial charge in [-0.1, -0.05) is 6.07 Å². The third kappa shape index (κ3) is 3.84. The number of nitrogens with one attached hydrogen (secondary N) is 1. The summed E-state index contributed by atoms with van der Waals surface area (Å²) in [4.78, 5) is 26.3. The number of hydrogen-bond donors (Lipinski definition) is 1. The van der Waals surface area contributed by atoms with Crippen molar-refractivity contribution in [2.24, 2.45) is 0 Å². The first-order chi connectivity index (χ1) is 13.3. The van der Waals surface area contributed by atoms with Crippen molar-refractivity contribution >= 4 is 38.1 Å². The van der Waals surface area contributed by atoms with Crippen LogP contribution in [0.4, 0.5) is 5.00 Å². The summed E-state index contributed by atoms with van der Waals surface area (Å²) in [7, 11) is -2.16. The zero-order chi connectivity index (χ0) is 20.5. The minimum absolute atomic E-state index is 0.105. The highest BCUT2D eigenvalue weighted by molar-refractivity contribution is 7.92. The molecule has 6 nitrogen and oxygen atoms in total. The van der Waals surface area contributed by atoms with Crippen molar-refractivity contribution in [2.75, 3.05) is 12.4 Å². The lowest BCUT2D eigenvalue weighted by Crippen LogP contribution is -2.17. The second-order valence-corrected chi connectivity index (χ2v) is 10.6. The van der Waals surface area contributed by atoms with E-state index in [-0.39, 0.29) is 10.5 Å². The maximum absolute atomic E-state index is 12.8.